The van der Waals surface area contributed by atoms with Gasteiger partial charge in [-0.2, -0.15) is 0 Å². The summed E-state index contributed by atoms with van der Waals surface area (Å²) >= 11 is 0. The van der Waals surface area contributed by atoms with E-state index >= 15 is 0 Å². The first kappa shape index (κ1) is 22.8. The highest BCUT2D eigenvalue weighted by molar-refractivity contribution is 5.44. The summed E-state index contributed by atoms with van der Waals surface area (Å²) < 4.78 is 79.3. The van der Waals surface area contributed by atoms with Gasteiger partial charge in [0, 0.05) is 11.5 Å². The minimum Gasteiger partial charge on any atom is -0.487 e. The number of alkyl halides is 5. The Labute approximate surface area is 182 Å². The standard InChI is InChI=1S/C23H24F5NO3/c24-20(25)14-30-19-8-7-17(32-23(26,27)28)11-18(19)16-12-22(31-13-16)9-4-10-29-21(22)15-5-2-1-3-6-15/h1-3,5-8,11,16,20-21,29H,4,9-10,12-14H2/t16-,21-,22+/m0/s1. The number of ether oxygens (including phenoxy) is 3. The Morgan fingerprint density at radius 2 is 1.91 bits per heavy atom. The summed E-state index contributed by atoms with van der Waals surface area (Å²) in [5.41, 5.74) is 0.892. The maximum Gasteiger partial charge on any atom is 0.573 e. The fourth-order valence-corrected chi connectivity index (χ4v) is 4.74. The molecule has 1 spiro atoms. The Hall–Kier alpha value is -2.39. The summed E-state index contributed by atoms with van der Waals surface area (Å²) in [6.45, 7) is 0.220. The number of piperidine rings is 1. The van der Waals surface area contributed by atoms with Crippen LogP contribution in [0, 0.1) is 0 Å². The quantitative estimate of drug-likeness (QED) is 0.574. The molecular weight excluding hydrogens is 433 g/mol. The molecule has 0 aromatic heterocycles. The Morgan fingerprint density at radius 1 is 1.12 bits per heavy atom. The van der Waals surface area contributed by atoms with Gasteiger partial charge in [-0.25, -0.2) is 8.78 Å². The zero-order valence-electron chi connectivity index (χ0n) is 17.2. The van der Waals surface area contributed by atoms with Gasteiger partial charge in [0.2, 0.25) is 0 Å². The number of hydrogen-bond acceptors (Lipinski definition) is 4. The number of hydrogen-bond donors (Lipinski definition) is 1. The topological polar surface area (TPSA) is 39.7 Å². The van der Waals surface area contributed by atoms with Gasteiger partial charge in [-0.3, -0.25) is 0 Å². The van der Waals surface area contributed by atoms with Crippen LogP contribution in [0.1, 0.15) is 42.3 Å². The molecule has 0 unspecified atom stereocenters. The van der Waals surface area contributed by atoms with Crippen molar-refractivity contribution in [1.29, 1.82) is 0 Å². The normalized spacial score (nSPS) is 25.9. The second kappa shape index (κ2) is 9.23. The summed E-state index contributed by atoms with van der Waals surface area (Å²) in [7, 11) is 0. The van der Waals surface area contributed by atoms with Gasteiger partial charge in [0.25, 0.3) is 6.43 Å². The Bertz CT molecular complexity index is 908. The average molecular weight is 457 g/mol. The molecule has 4 rings (SSSR count). The van der Waals surface area contributed by atoms with Gasteiger partial charge < -0.3 is 19.5 Å². The molecule has 2 aromatic rings. The minimum absolute atomic E-state index is 0.0810. The third kappa shape index (κ3) is 5.15. The van der Waals surface area contributed by atoms with Crippen molar-refractivity contribution in [2.45, 2.75) is 49.6 Å². The van der Waals surface area contributed by atoms with Gasteiger partial charge in [-0.05, 0) is 49.6 Å². The van der Waals surface area contributed by atoms with Crippen LogP contribution in [-0.4, -0.2) is 38.1 Å². The Morgan fingerprint density at radius 3 is 2.62 bits per heavy atom. The van der Waals surface area contributed by atoms with Crippen molar-refractivity contribution >= 4 is 0 Å². The monoisotopic (exact) mass is 457 g/mol. The van der Waals surface area contributed by atoms with Crippen LogP contribution in [0.25, 0.3) is 0 Å². The maximum absolute atomic E-state index is 12.7. The van der Waals surface area contributed by atoms with Crippen LogP contribution >= 0.6 is 0 Å². The van der Waals surface area contributed by atoms with Crippen LogP contribution in [0.15, 0.2) is 48.5 Å². The predicted molar refractivity (Wildman–Crippen MR) is 107 cm³/mol. The lowest BCUT2D eigenvalue weighted by atomic mass is 9.77. The Kier molecular flexibility index (Phi) is 6.57. The van der Waals surface area contributed by atoms with Gasteiger partial charge in [0.05, 0.1) is 18.2 Å². The molecule has 9 heteroatoms. The van der Waals surface area contributed by atoms with Crippen molar-refractivity contribution in [3.63, 3.8) is 0 Å². The summed E-state index contributed by atoms with van der Waals surface area (Å²) in [4.78, 5) is 0. The molecule has 4 nitrogen and oxygen atoms in total. The lowest BCUT2D eigenvalue weighted by Crippen LogP contribution is -2.48. The summed E-state index contributed by atoms with van der Waals surface area (Å²) in [6, 6.07) is 13.3. The second-order valence-electron chi connectivity index (χ2n) is 8.13. The lowest BCUT2D eigenvalue weighted by molar-refractivity contribution is -0.274. The Balaban J connectivity index is 1.63. The molecule has 2 aliphatic rings. The van der Waals surface area contributed by atoms with E-state index < -0.39 is 30.7 Å². The number of rotatable bonds is 6. The molecule has 0 aliphatic carbocycles. The zero-order valence-corrected chi connectivity index (χ0v) is 17.2. The van der Waals surface area contributed by atoms with Crippen molar-refractivity contribution in [2.24, 2.45) is 0 Å². The van der Waals surface area contributed by atoms with Crippen molar-refractivity contribution in [1.82, 2.24) is 5.32 Å². The SMILES string of the molecule is FC(F)COc1ccc(OC(F)(F)F)cc1[C@@H]1CO[C@]2(CCCN[C@H]2c2ccccc2)C1. The average Bonchev–Trinajstić information content (AvgIpc) is 3.16. The lowest BCUT2D eigenvalue weighted by Gasteiger charge is -2.41. The van der Waals surface area contributed by atoms with Crippen LogP contribution in [0.3, 0.4) is 0 Å². The second-order valence-corrected chi connectivity index (χ2v) is 8.13. The van der Waals surface area contributed by atoms with E-state index in [4.69, 9.17) is 9.47 Å². The zero-order chi connectivity index (χ0) is 22.8. The van der Waals surface area contributed by atoms with Crippen LogP contribution < -0.4 is 14.8 Å². The molecule has 0 saturated carbocycles. The number of benzene rings is 2. The fourth-order valence-electron chi connectivity index (χ4n) is 4.74. The molecule has 0 amide bonds. The third-order valence-electron chi connectivity index (χ3n) is 5.97. The molecule has 2 aliphatic heterocycles. The predicted octanol–water partition coefficient (Wildman–Crippen LogP) is 5.60. The largest absolute Gasteiger partial charge is 0.573 e. The van der Waals surface area contributed by atoms with E-state index in [9.17, 15) is 22.0 Å². The van der Waals surface area contributed by atoms with E-state index in [2.05, 4.69) is 10.1 Å². The molecule has 3 atom stereocenters. The van der Waals surface area contributed by atoms with E-state index in [1.165, 1.54) is 12.1 Å². The van der Waals surface area contributed by atoms with E-state index in [1.54, 1.807) is 0 Å². The van der Waals surface area contributed by atoms with Gasteiger partial charge in [0.1, 0.15) is 18.1 Å². The smallest absolute Gasteiger partial charge is 0.487 e. The first-order chi connectivity index (χ1) is 15.3. The third-order valence-corrected chi connectivity index (χ3v) is 5.97. The highest BCUT2D eigenvalue weighted by Gasteiger charge is 2.49. The van der Waals surface area contributed by atoms with Crippen LogP contribution in [0.4, 0.5) is 22.0 Å². The van der Waals surface area contributed by atoms with Gasteiger partial charge in [-0.15, -0.1) is 13.2 Å². The van der Waals surface area contributed by atoms with Gasteiger partial charge in [-0.1, -0.05) is 30.3 Å². The molecule has 1 N–H and O–H groups in total. The van der Waals surface area contributed by atoms with Crippen molar-refractivity contribution in [3.8, 4) is 11.5 Å². The molecule has 2 saturated heterocycles. The van der Waals surface area contributed by atoms with E-state index in [-0.39, 0.29) is 24.3 Å². The first-order valence-electron chi connectivity index (χ1n) is 10.5. The molecule has 2 aromatic carbocycles. The number of halogens is 5. The van der Waals surface area contributed by atoms with Gasteiger partial charge >= 0.3 is 6.36 Å². The molecule has 32 heavy (non-hydrogen) atoms. The van der Waals surface area contributed by atoms with E-state index in [0.717, 1.165) is 31.0 Å². The van der Waals surface area contributed by atoms with Crippen molar-refractivity contribution in [2.75, 3.05) is 19.8 Å². The maximum atomic E-state index is 12.7. The van der Waals surface area contributed by atoms with E-state index in [0.29, 0.717) is 12.0 Å². The summed E-state index contributed by atoms with van der Waals surface area (Å²) in [5, 5.41) is 3.51. The molecule has 0 radical (unpaired) electrons. The van der Waals surface area contributed by atoms with Crippen LogP contribution in [-0.2, 0) is 4.74 Å². The molecule has 2 heterocycles. The summed E-state index contributed by atoms with van der Waals surface area (Å²) in [5.74, 6) is -0.629. The molecule has 0 bridgehead atoms. The van der Waals surface area contributed by atoms with Gasteiger partial charge in [0.15, 0.2) is 0 Å². The van der Waals surface area contributed by atoms with E-state index in [1.807, 2.05) is 30.3 Å². The molecule has 174 valence electrons. The minimum atomic E-state index is -4.86. The highest BCUT2D eigenvalue weighted by atomic mass is 19.4. The number of nitrogens with one attached hydrogen (secondary N) is 1. The summed E-state index contributed by atoms with van der Waals surface area (Å²) in [6.07, 6.45) is -5.38. The van der Waals surface area contributed by atoms with Crippen LogP contribution in [0.5, 0.6) is 11.5 Å². The van der Waals surface area contributed by atoms with Crippen LogP contribution in [0.2, 0.25) is 0 Å². The van der Waals surface area contributed by atoms with Crippen molar-refractivity contribution in [3.05, 3.63) is 59.7 Å². The fraction of sp³-hybridized carbons (Fsp3) is 0.478. The first-order valence-corrected chi connectivity index (χ1v) is 10.5. The molecule has 2 fully saturated rings. The molecular formula is C23H24F5NO3. The highest BCUT2D eigenvalue weighted by Crippen LogP contribution is 2.50. The van der Waals surface area contributed by atoms with Crippen molar-refractivity contribution < 1.29 is 36.2 Å².